The minimum Gasteiger partial charge on any atom is -0.491 e. The van der Waals surface area contributed by atoms with E-state index < -0.39 is 17.6 Å². The molecule has 1 amide bonds. The summed E-state index contributed by atoms with van der Waals surface area (Å²) in [4.78, 5) is 23.9. The molecule has 0 saturated carbocycles. The average Bonchev–Trinajstić information content (AvgIpc) is 2.71. The highest BCUT2D eigenvalue weighted by Gasteiger charge is 2.34. The zero-order valence-corrected chi connectivity index (χ0v) is 17.6. The lowest BCUT2D eigenvalue weighted by molar-refractivity contribution is 0.0152. The topological polar surface area (TPSA) is 105 Å². The largest absolute Gasteiger partial charge is 0.491 e. The Bertz CT molecular complexity index is 830. The van der Waals surface area contributed by atoms with E-state index in [9.17, 15) is 14.7 Å². The summed E-state index contributed by atoms with van der Waals surface area (Å²) in [6, 6.07) is 13.6. The van der Waals surface area contributed by atoms with E-state index in [1.807, 2.05) is 13.8 Å². The number of Topliss-reactive ketones (excluding diaryl/α,β-unsaturated/α-hetero) is 1. The molecule has 0 aliphatic heterocycles. The van der Waals surface area contributed by atoms with Crippen LogP contribution in [0.4, 0.5) is 10.5 Å². The zero-order valence-electron chi connectivity index (χ0n) is 17.6. The van der Waals surface area contributed by atoms with Crippen LogP contribution >= 0.6 is 0 Å². The zero-order chi connectivity index (χ0) is 22.1. The van der Waals surface area contributed by atoms with Gasteiger partial charge < -0.3 is 19.7 Å². The van der Waals surface area contributed by atoms with Gasteiger partial charge in [-0.25, -0.2) is 4.79 Å². The molecule has 0 aliphatic carbocycles. The molecule has 0 heterocycles. The van der Waals surface area contributed by atoms with Crippen LogP contribution in [0, 0.1) is 5.41 Å². The molecule has 0 saturated heterocycles. The van der Waals surface area contributed by atoms with Crippen LogP contribution in [0.15, 0.2) is 48.5 Å². The Labute approximate surface area is 176 Å². The number of aliphatic hydroxyl groups is 2. The van der Waals surface area contributed by atoms with Gasteiger partial charge in [0.15, 0.2) is 5.78 Å². The molecule has 7 heteroatoms. The fourth-order valence-electron chi connectivity index (χ4n) is 3.04. The maximum absolute atomic E-state index is 12.6. The quantitative estimate of drug-likeness (QED) is 0.507. The number of aliphatic hydroxyl groups excluding tert-OH is 2. The number of carbonyl (C=O) groups excluding carboxylic acids is 2. The highest BCUT2D eigenvalue weighted by molar-refractivity contribution is 5.95. The Kier molecular flexibility index (Phi) is 8.38. The summed E-state index contributed by atoms with van der Waals surface area (Å²) in [5, 5.41) is 21.0. The highest BCUT2D eigenvalue weighted by Crippen LogP contribution is 2.40. The Hall–Kier alpha value is -2.90. The van der Waals surface area contributed by atoms with Crippen LogP contribution in [-0.2, 0) is 4.74 Å². The number of carbonyl (C=O) groups is 2. The minimum atomic E-state index is -0.637. The number of hydrogen-bond donors (Lipinski definition) is 3. The predicted molar refractivity (Wildman–Crippen MR) is 114 cm³/mol. The van der Waals surface area contributed by atoms with Crippen LogP contribution in [0.25, 0.3) is 0 Å². The van der Waals surface area contributed by atoms with E-state index in [4.69, 9.17) is 14.6 Å². The van der Waals surface area contributed by atoms with Crippen LogP contribution in [0.2, 0.25) is 0 Å². The Morgan fingerprint density at radius 2 is 1.63 bits per heavy atom. The molecule has 30 heavy (non-hydrogen) atoms. The van der Waals surface area contributed by atoms with E-state index in [2.05, 4.69) is 5.32 Å². The molecular weight excluding hydrogens is 386 g/mol. The molecule has 0 radical (unpaired) electrons. The molecule has 0 fully saturated rings. The van der Waals surface area contributed by atoms with Crippen molar-refractivity contribution in [2.24, 2.45) is 5.41 Å². The average molecular weight is 415 g/mol. The lowest BCUT2D eigenvalue weighted by atomic mass is 9.80. The SMILES string of the molecule is CC(=O)c1ccc(NC(=O)O[C@@H](c2ccc(OCCO)cc2)C(C)(C)CCO)cc1. The number of ketones is 1. The van der Waals surface area contributed by atoms with Gasteiger partial charge in [-0.3, -0.25) is 10.1 Å². The summed E-state index contributed by atoms with van der Waals surface area (Å²) in [6.45, 7) is 5.38. The van der Waals surface area contributed by atoms with E-state index in [0.29, 0.717) is 23.4 Å². The molecule has 0 aromatic heterocycles. The van der Waals surface area contributed by atoms with E-state index >= 15 is 0 Å². The first-order chi connectivity index (χ1) is 14.3. The van der Waals surface area contributed by atoms with Gasteiger partial charge in [-0.1, -0.05) is 26.0 Å². The lowest BCUT2D eigenvalue weighted by Gasteiger charge is -2.33. The van der Waals surface area contributed by atoms with Gasteiger partial charge in [-0.05, 0) is 55.3 Å². The fourth-order valence-corrected chi connectivity index (χ4v) is 3.04. The molecule has 2 aromatic rings. The monoisotopic (exact) mass is 415 g/mol. The molecule has 0 spiro atoms. The van der Waals surface area contributed by atoms with Crippen molar-refractivity contribution in [1.29, 1.82) is 0 Å². The number of hydrogen-bond acceptors (Lipinski definition) is 6. The van der Waals surface area contributed by atoms with Crippen LogP contribution in [0.5, 0.6) is 5.75 Å². The Morgan fingerprint density at radius 3 is 2.17 bits per heavy atom. The smallest absolute Gasteiger partial charge is 0.412 e. The Morgan fingerprint density at radius 1 is 1.00 bits per heavy atom. The van der Waals surface area contributed by atoms with Crippen LogP contribution in [0.3, 0.4) is 0 Å². The molecule has 0 aliphatic rings. The fraction of sp³-hybridized carbons (Fsp3) is 0.391. The van der Waals surface area contributed by atoms with Crippen LogP contribution in [0.1, 0.15) is 49.2 Å². The summed E-state index contributed by atoms with van der Waals surface area (Å²) in [6.07, 6.45) is -0.823. The maximum Gasteiger partial charge on any atom is 0.412 e. The molecule has 1 atom stereocenters. The summed E-state index contributed by atoms with van der Waals surface area (Å²) in [5.74, 6) is 0.544. The van der Waals surface area contributed by atoms with E-state index in [0.717, 1.165) is 5.56 Å². The van der Waals surface area contributed by atoms with E-state index in [-0.39, 0.29) is 25.6 Å². The van der Waals surface area contributed by atoms with Crippen LogP contribution in [-0.4, -0.2) is 41.9 Å². The van der Waals surface area contributed by atoms with Gasteiger partial charge in [0.2, 0.25) is 0 Å². The molecule has 0 unspecified atom stereocenters. The van der Waals surface area contributed by atoms with Crippen molar-refractivity contribution in [3.8, 4) is 5.75 Å². The normalized spacial score (nSPS) is 12.2. The van der Waals surface area contributed by atoms with Gasteiger partial charge in [0.1, 0.15) is 18.5 Å². The standard InChI is InChI=1S/C23H29NO6/c1-16(27)17-4-8-19(9-5-17)24-22(28)30-21(23(2,3)12-13-25)18-6-10-20(11-7-18)29-15-14-26/h4-11,21,25-26H,12-15H2,1-3H3,(H,24,28)/t21-/m0/s1. The third-order valence-corrected chi connectivity index (χ3v) is 4.77. The van der Waals surface area contributed by atoms with Gasteiger partial charge in [-0.15, -0.1) is 0 Å². The van der Waals surface area contributed by atoms with Crippen molar-refractivity contribution >= 4 is 17.6 Å². The second kappa shape index (κ2) is 10.8. The number of rotatable bonds is 10. The summed E-state index contributed by atoms with van der Waals surface area (Å²) in [5.41, 5.74) is 1.29. The van der Waals surface area contributed by atoms with Crippen molar-refractivity contribution in [2.45, 2.75) is 33.3 Å². The third-order valence-electron chi connectivity index (χ3n) is 4.77. The number of anilines is 1. The van der Waals surface area contributed by atoms with Gasteiger partial charge >= 0.3 is 6.09 Å². The van der Waals surface area contributed by atoms with Crippen molar-refractivity contribution in [2.75, 3.05) is 25.1 Å². The van der Waals surface area contributed by atoms with Crippen LogP contribution < -0.4 is 10.1 Å². The van der Waals surface area contributed by atoms with Crippen molar-refractivity contribution in [3.05, 3.63) is 59.7 Å². The molecule has 3 N–H and O–H groups in total. The predicted octanol–water partition coefficient (Wildman–Crippen LogP) is 3.96. The van der Waals surface area contributed by atoms with Crippen molar-refractivity contribution < 1.29 is 29.3 Å². The van der Waals surface area contributed by atoms with Crippen molar-refractivity contribution in [1.82, 2.24) is 0 Å². The summed E-state index contributed by atoms with van der Waals surface area (Å²) in [7, 11) is 0. The molecule has 0 bridgehead atoms. The second-order valence-electron chi connectivity index (χ2n) is 7.65. The summed E-state index contributed by atoms with van der Waals surface area (Å²) >= 11 is 0. The number of benzene rings is 2. The first-order valence-corrected chi connectivity index (χ1v) is 9.80. The third kappa shape index (κ3) is 6.57. The first kappa shape index (κ1) is 23.4. The van der Waals surface area contributed by atoms with Gasteiger partial charge in [0.25, 0.3) is 0 Å². The van der Waals surface area contributed by atoms with E-state index in [1.165, 1.54) is 6.92 Å². The lowest BCUT2D eigenvalue weighted by Crippen LogP contribution is -2.29. The number of nitrogens with one attached hydrogen (secondary N) is 1. The van der Waals surface area contributed by atoms with Crippen molar-refractivity contribution in [3.63, 3.8) is 0 Å². The Balaban J connectivity index is 2.16. The number of amides is 1. The second-order valence-corrected chi connectivity index (χ2v) is 7.65. The first-order valence-electron chi connectivity index (χ1n) is 9.80. The summed E-state index contributed by atoms with van der Waals surface area (Å²) < 4.78 is 11.1. The molecule has 2 aromatic carbocycles. The van der Waals surface area contributed by atoms with Gasteiger partial charge in [0.05, 0.1) is 6.61 Å². The molecular formula is C23H29NO6. The van der Waals surface area contributed by atoms with Gasteiger partial charge in [-0.2, -0.15) is 0 Å². The maximum atomic E-state index is 12.6. The molecule has 2 rings (SSSR count). The number of ether oxygens (including phenoxy) is 2. The van der Waals surface area contributed by atoms with Gasteiger partial charge in [0, 0.05) is 23.3 Å². The molecule has 162 valence electrons. The van der Waals surface area contributed by atoms with E-state index in [1.54, 1.807) is 48.5 Å². The highest BCUT2D eigenvalue weighted by atomic mass is 16.6. The molecule has 7 nitrogen and oxygen atoms in total. The minimum absolute atomic E-state index is 0.0430.